The molecule has 0 saturated carbocycles. The zero-order valence-electron chi connectivity index (χ0n) is 9.28. The molecule has 1 heterocycles. The normalized spacial score (nSPS) is 10.4. The van der Waals surface area contributed by atoms with E-state index in [0.29, 0.717) is 11.1 Å². The smallest absolute Gasteiger partial charge is 0.217 e. The van der Waals surface area contributed by atoms with Crippen LogP contribution in [0.25, 0.3) is 10.9 Å². The van der Waals surface area contributed by atoms with E-state index >= 15 is 0 Å². The first-order chi connectivity index (χ1) is 8.08. The van der Waals surface area contributed by atoms with Crippen molar-refractivity contribution in [3.05, 3.63) is 30.0 Å². The van der Waals surface area contributed by atoms with Crippen LogP contribution in [0.3, 0.4) is 0 Å². The highest BCUT2D eigenvalue weighted by molar-refractivity contribution is 6.09. The second-order valence-corrected chi connectivity index (χ2v) is 3.77. The average molecular weight is 232 g/mol. The van der Waals surface area contributed by atoms with Gasteiger partial charge in [-0.2, -0.15) is 0 Å². The SMILES string of the molecule is CC(=O)NCC(=O)c1c[nH]c2cc(O)ccc12. The van der Waals surface area contributed by atoms with Gasteiger partial charge in [0.15, 0.2) is 5.78 Å². The van der Waals surface area contributed by atoms with Crippen LogP contribution in [0, 0.1) is 0 Å². The first-order valence-electron chi connectivity index (χ1n) is 5.15. The van der Waals surface area contributed by atoms with Crippen LogP contribution >= 0.6 is 0 Å². The summed E-state index contributed by atoms with van der Waals surface area (Å²) < 4.78 is 0. The number of aromatic amines is 1. The van der Waals surface area contributed by atoms with Crippen molar-refractivity contribution in [3.63, 3.8) is 0 Å². The number of H-pyrrole nitrogens is 1. The van der Waals surface area contributed by atoms with Crippen molar-refractivity contribution in [1.29, 1.82) is 0 Å². The number of rotatable bonds is 3. The molecule has 17 heavy (non-hydrogen) atoms. The molecule has 0 aliphatic rings. The third kappa shape index (κ3) is 2.28. The van der Waals surface area contributed by atoms with Crippen LogP contribution in [-0.4, -0.2) is 28.3 Å². The summed E-state index contributed by atoms with van der Waals surface area (Å²) in [6, 6.07) is 4.73. The van der Waals surface area contributed by atoms with Crippen LogP contribution in [0.2, 0.25) is 0 Å². The lowest BCUT2D eigenvalue weighted by molar-refractivity contribution is -0.118. The zero-order valence-corrected chi connectivity index (χ0v) is 9.28. The predicted molar refractivity (Wildman–Crippen MR) is 63.0 cm³/mol. The quantitative estimate of drug-likeness (QED) is 0.695. The van der Waals surface area contributed by atoms with Crippen molar-refractivity contribution < 1.29 is 14.7 Å². The van der Waals surface area contributed by atoms with Gasteiger partial charge in [0, 0.05) is 35.7 Å². The lowest BCUT2D eigenvalue weighted by atomic mass is 10.1. The van der Waals surface area contributed by atoms with Crippen molar-refractivity contribution in [2.24, 2.45) is 0 Å². The molecule has 0 saturated heterocycles. The van der Waals surface area contributed by atoms with Gasteiger partial charge in [-0.1, -0.05) is 0 Å². The number of benzene rings is 1. The number of amides is 1. The fourth-order valence-electron chi connectivity index (χ4n) is 1.64. The highest BCUT2D eigenvalue weighted by atomic mass is 16.3. The van der Waals surface area contributed by atoms with Crippen molar-refractivity contribution in [1.82, 2.24) is 10.3 Å². The highest BCUT2D eigenvalue weighted by Crippen LogP contribution is 2.22. The number of hydrogen-bond donors (Lipinski definition) is 3. The van der Waals surface area contributed by atoms with E-state index in [2.05, 4.69) is 10.3 Å². The number of phenols is 1. The highest BCUT2D eigenvalue weighted by Gasteiger charge is 2.12. The topological polar surface area (TPSA) is 82.2 Å². The largest absolute Gasteiger partial charge is 0.508 e. The number of nitrogens with one attached hydrogen (secondary N) is 2. The summed E-state index contributed by atoms with van der Waals surface area (Å²) in [4.78, 5) is 25.4. The Balaban J connectivity index is 2.29. The molecule has 5 nitrogen and oxygen atoms in total. The zero-order chi connectivity index (χ0) is 12.4. The molecular formula is C12H12N2O3. The summed E-state index contributed by atoms with van der Waals surface area (Å²) in [5.74, 6) is -0.270. The maximum atomic E-state index is 11.8. The summed E-state index contributed by atoms with van der Waals surface area (Å²) >= 11 is 0. The monoisotopic (exact) mass is 232 g/mol. The van der Waals surface area contributed by atoms with Crippen molar-refractivity contribution >= 4 is 22.6 Å². The van der Waals surface area contributed by atoms with Gasteiger partial charge in [-0.3, -0.25) is 9.59 Å². The van der Waals surface area contributed by atoms with E-state index < -0.39 is 0 Å². The van der Waals surface area contributed by atoms with E-state index in [9.17, 15) is 14.7 Å². The first-order valence-corrected chi connectivity index (χ1v) is 5.15. The Bertz CT molecular complexity index is 586. The standard InChI is InChI=1S/C12H12N2O3/c1-7(15)13-6-12(17)10-5-14-11-4-8(16)2-3-9(10)11/h2-5,14,16H,6H2,1H3,(H,13,15). The van der Waals surface area contributed by atoms with Gasteiger partial charge in [0.05, 0.1) is 6.54 Å². The summed E-state index contributed by atoms with van der Waals surface area (Å²) in [6.45, 7) is 1.34. The Labute approximate surface area is 97.4 Å². The number of Topliss-reactive ketones (excluding diaryl/α,β-unsaturated/α-hetero) is 1. The van der Waals surface area contributed by atoms with Gasteiger partial charge in [-0.05, 0) is 12.1 Å². The molecular weight excluding hydrogens is 220 g/mol. The van der Waals surface area contributed by atoms with E-state index in [1.54, 1.807) is 18.3 Å². The predicted octanol–water partition coefficient (Wildman–Crippen LogP) is 1.19. The molecule has 0 fully saturated rings. The summed E-state index contributed by atoms with van der Waals surface area (Å²) in [7, 11) is 0. The van der Waals surface area contributed by atoms with Crippen molar-refractivity contribution in [2.45, 2.75) is 6.92 Å². The summed E-state index contributed by atoms with van der Waals surface area (Å²) in [5, 5.41) is 12.5. The van der Waals surface area contributed by atoms with Gasteiger partial charge in [0.2, 0.25) is 5.91 Å². The van der Waals surface area contributed by atoms with Gasteiger partial charge < -0.3 is 15.4 Å². The number of fused-ring (bicyclic) bond motifs is 1. The van der Waals surface area contributed by atoms with Crippen molar-refractivity contribution in [3.8, 4) is 5.75 Å². The fourth-order valence-corrected chi connectivity index (χ4v) is 1.64. The number of carbonyl (C=O) groups excluding carboxylic acids is 2. The number of hydrogen-bond acceptors (Lipinski definition) is 3. The molecule has 0 spiro atoms. The third-order valence-corrected chi connectivity index (χ3v) is 2.46. The average Bonchev–Trinajstić information content (AvgIpc) is 2.68. The molecule has 0 radical (unpaired) electrons. The van der Waals surface area contributed by atoms with E-state index in [1.807, 2.05) is 0 Å². The molecule has 88 valence electrons. The second kappa shape index (κ2) is 4.29. The number of carbonyl (C=O) groups is 2. The van der Waals surface area contributed by atoms with Gasteiger partial charge in [-0.25, -0.2) is 0 Å². The van der Waals surface area contributed by atoms with Crippen LogP contribution < -0.4 is 5.32 Å². The summed E-state index contributed by atoms with van der Waals surface area (Å²) in [5.41, 5.74) is 1.20. The lowest BCUT2D eigenvalue weighted by Crippen LogP contribution is -2.27. The number of phenolic OH excluding ortho intramolecular Hbond substituents is 1. The Kier molecular flexibility index (Phi) is 2.82. The van der Waals surface area contributed by atoms with Gasteiger partial charge in [-0.15, -0.1) is 0 Å². The van der Waals surface area contributed by atoms with Crippen LogP contribution in [-0.2, 0) is 4.79 Å². The maximum absolute atomic E-state index is 11.8. The van der Waals surface area contributed by atoms with Crippen molar-refractivity contribution in [2.75, 3.05) is 6.54 Å². The molecule has 0 atom stereocenters. The Morgan fingerprint density at radius 2 is 2.18 bits per heavy atom. The van der Waals surface area contributed by atoms with E-state index in [-0.39, 0.29) is 24.0 Å². The minimum absolute atomic E-state index is 0.0246. The summed E-state index contributed by atoms with van der Waals surface area (Å²) in [6.07, 6.45) is 1.58. The Hall–Kier alpha value is -2.30. The Morgan fingerprint density at radius 1 is 1.41 bits per heavy atom. The van der Waals surface area contributed by atoms with Gasteiger partial charge in [0.1, 0.15) is 5.75 Å². The van der Waals surface area contributed by atoms with Crippen LogP contribution in [0.1, 0.15) is 17.3 Å². The molecule has 3 N–H and O–H groups in total. The molecule has 2 aromatic rings. The molecule has 1 aromatic carbocycles. The van der Waals surface area contributed by atoms with Crippen LogP contribution in [0.4, 0.5) is 0 Å². The second-order valence-electron chi connectivity index (χ2n) is 3.77. The number of ketones is 1. The lowest BCUT2D eigenvalue weighted by Gasteiger charge is -2.00. The number of aromatic nitrogens is 1. The molecule has 5 heteroatoms. The van der Waals surface area contributed by atoms with Crippen LogP contribution in [0.15, 0.2) is 24.4 Å². The molecule has 0 aliphatic heterocycles. The third-order valence-electron chi connectivity index (χ3n) is 2.46. The molecule has 0 bridgehead atoms. The van der Waals surface area contributed by atoms with E-state index in [4.69, 9.17) is 0 Å². The van der Waals surface area contributed by atoms with Crippen LogP contribution in [0.5, 0.6) is 5.75 Å². The van der Waals surface area contributed by atoms with E-state index in [0.717, 1.165) is 5.39 Å². The molecule has 0 unspecified atom stereocenters. The van der Waals surface area contributed by atoms with E-state index in [1.165, 1.54) is 13.0 Å². The van der Waals surface area contributed by atoms with Gasteiger partial charge in [0.25, 0.3) is 0 Å². The molecule has 2 rings (SSSR count). The maximum Gasteiger partial charge on any atom is 0.217 e. The molecule has 1 aromatic heterocycles. The first kappa shape index (κ1) is 11.2. The van der Waals surface area contributed by atoms with Gasteiger partial charge >= 0.3 is 0 Å². The number of aromatic hydroxyl groups is 1. The molecule has 0 aliphatic carbocycles. The minimum Gasteiger partial charge on any atom is -0.508 e. The minimum atomic E-state index is -0.240. The Morgan fingerprint density at radius 3 is 2.88 bits per heavy atom. The fraction of sp³-hybridized carbons (Fsp3) is 0.167. The molecule has 1 amide bonds.